The number of rotatable bonds is 5. The lowest BCUT2D eigenvalue weighted by atomic mass is 9.95. The van der Waals surface area contributed by atoms with Gasteiger partial charge in [0.25, 0.3) is 0 Å². The van der Waals surface area contributed by atoms with Crippen LogP contribution in [0.1, 0.15) is 11.1 Å². The Morgan fingerprint density at radius 2 is 1.02 bits per heavy atom. The fraction of sp³-hybridized carbons (Fsp3) is 0.0213. The van der Waals surface area contributed by atoms with Crippen LogP contribution in [0.25, 0.3) is 82.5 Å². The Bertz CT molecular complexity index is 2820. The molecule has 0 N–H and O–H groups in total. The van der Waals surface area contributed by atoms with Gasteiger partial charge in [-0.2, -0.15) is 0 Å². The van der Waals surface area contributed by atoms with E-state index in [-0.39, 0.29) is 0 Å². The van der Waals surface area contributed by atoms with Crippen LogP contribution < -0.4 is 0 Å². The van der Waals surface area contributed by atoms with E-state index in [4.69, 9.17) is 4.42 Å². The number of benzene rings is 8. The topological polar surface area (TPSA) is 18.1 Å². The first-order valence-electron chi connectivity index (χ1n) is 16.9. The van der Waals surface area contributed by atoms with Gasteiger partial charge in [-0.05, 0) is 75.0 Å². The van der Waals surface area contributed by atoms with Crippen molar-refractivity contribution >= 4 is 54.5 Å². The number of para-hydroxylation sites is 3. The predicted molar refractivity (Wildman–Crippen MR) is 206 cm³/mol. The van der Waals surface area contributed by atoms with Crippen molar-refractivity contribution in [3.05, 3.63) is 187 Å². The van der Waals surface area contributed by atoms with E-state index in [1.807, 2.05) is 6.07 Å². The highest BCUT2D eigenvalue weighted by atomic mass is 16.3. The molecular formula is C47H31NO. The number of fused-ring (bicyclic) bond motifs is 8. The van der Waals surface area contributed by atoms with Gasteiger partial charge in [-0.25, -0.2) is 0 Å². The first-order chi connectivity index (χ1) is 24.3. The van der Waals surface area contributed by atoms with Gasteiger partial charge in [-0.1, -0.05) is 140 Å². The first kappa shape index (κ1) is 27.7. The number of furan rings is 1. The Morgan fingerprint density at radius 1 is 0.429 bits per heavy atom. The van der Waals surface area contributed by atoms with E-state index in [0.717, 1.165) is 17.6 Å². The third kappa shape index (κ3) is 4.57. The van der Waals surface area contributed by atoms with Gasteiger partial charge in [0.15, 0.2) is 0 Å². The third-order valence-corrected chi connectivity index (χ3v) is 10.0. The van der Waals surface area contributed by atoms with Gasteiger partial charge in [0.2, 0.25) is 0 Å². The molecule has 0 saturated heterocycles. The molecule has 0 atom stereocenters. The summed E-state index contributed by atoms with van der Waals surface area (Å²) >= 11 is 0. The summed E-state index contributed by atoms with van der Waals surface area (Å²) in [6.45, 7) is 0. The van der Waals surface area contributed by atoms with Crippen LogP contribution in [0.2, 0.25) is 0 Å². The Kier molecular flexibility index (Phi) is 6.28. The first-order valence-corrected chi connectivity index (χ1v) is 16.9. The highest BCUT2D eigenvalue weighted by Gasteiger charge is 2.16. The maximum atomic E-state index is 6.47. The van der Waals surface area contributed by atoms with Gasteiger partial charge in [-0.15, -0.1) is 0 Å². The molecule has 0 fully saturated rings. The van der Waals surface area contributed by atoms with Crippen molar-refractivity contribution in [2.45, 2.75) is 6.42 Å². The molecule has 0 amide bonds. The summed E-state index contributed by atoms with van der Waals surface area (Å²) in [6.07, 6.45) is 0.808. The second-order valence-corrected chi connectivity index (χ2v) is 12.9. The summed E-state index contributed by atoms with van der Waals surface area (Å²) in [5.74, 6) is 0. The van der Waals surface area contributed by atoms with E-state index in [2.05, 4.69) is 174 Å². The van der Waals surface area contributed by atoms with Crippen LogP contribution in [0, 0.1) is 0 Å². The molecular weight excluding hydrogens is 595 g/mol. The van der Waals surface area contributed by atoms with Gasteiger partial charge in [0.1, 0.15) is 11.2 Å². The van der Waals surface area contributed by atoms with Crippen molar-refractivity contribution in [2.75, 3.05) is 0 Å². The average Bonchev–Trinajstić information content (AvgIpc) is 3.72. The van der Waals surface area contributed by atoms with Crippen molar-refractivity contribution in [1.29, 1.82) is 0 Å². The summed E-state index contributed by atoms with van der Waals surface area (Å²) in [4.78, 5) is 0. The molecule has 230 valence electrons. The van der Waals surface area contributed by atoms with Gasteiger partial charge >= 0.3 is 0 Å². The lowest BCUT2D eigenvalue weighted by molar-refractivity contribution is 0.664. The van der Waals surface area contributed by atoms with E-state index < -0.39 is 0 Å². The van der Waals surface area contributed by atoms with Crippen molar-refractivity contribution in [3.63, 3.8) is 0 Å². The van der Waals surface area contributed by atoms with Crippen molar-refractivity contribution in [3.8, 4) is 27.9 Å². The fourth-order valence-electron chi connectivity index (χ4n) is 7.67. The van der Waals surface area contributed by atoms with Gasteiger partial charge < -0.3 is 8.98 Å². The molecule has 0 aliphatic carbocycles. The molecule has 0 aliphatic rings. The standard InChI is InChI=1S/C47H31NO/c1-2-11-38(12-3-1)48-43-16-8-6-14-40(43)41-27-26-35(30-44(41)48)34-24-22-33(23-25-34)32-20-18-31(19-21-32)28-37-29-36-10-4-5-13-39(36)46-42-15-7-9-17-45(42)49-47(37)46/h1-27,29-30H,28H2. The van der Waals surface area contributed by atoms with E-state index in [9.17, 15) is 0 Å². The molecule has 49 heavy (non-hydrogen) atoms. The van der Waals surface area contributed by atoms with Crippen molar-refractivity contribution < 1.29 is 4.42 Å². The highest BCUT2D eigenvalue weighted by Crippen LogP contribution is 2.38. The number of hydrogen-bond donors (Lipinski definition) is 0. The van der Waals surface area contributed by atoms with Gasteiger partial charge in [0, 0.05) is 39.2 Å². The molecule has 0 aliphatic heterocycles. The van der Waals surface area contributed by atoms with E-state index in [1.54, 1.807) is 0 Å². The Morgan fingerprint density at radius 3 is 1.82 bits per heavy atom. The molecule has 2 heteroatoms. The fourth-order valence-corrected chi connectivity index (χ4v) is 7.67. The Balaban J connectivity index is 0.967. The molecule has 0 unspecified atom stereocenters. The summed E-state index contributed by atoms with van der Waals surface area (Å²) < 4.78 is 8.85. The lowest BCUT2D eigenvalue weighted by Crippen LogP contribution is -1.93. The lowest BCUT2D eigenvalue weighted by Gasteiger charge is -2.10. The summed E-state index contributed by atoms with van der Waals surface area (Å²) in [7, 11) is 0. The van der Waals surface area contributed by atoms with Crippen LogP contribution in [-0.4, -0.2) is 4.57 Å². The van der Waals surface area contributed by atoms with E-state index in [1.165, 1.54) is 82.4 Å². The summed E-state index contributed by atoms with van der Waals surface area (Å²) in [6, 6.07) is 63.4. The molecule has 0 saturated carbocycles. The largest absolute Gasteiger partial charge is 0.456 e. The zero-order valence-corrected chi connectivity index (χ0v) is 26.8. The van der Waals surface area contributed by atoms with E-state index in [0.29, 0.717) is 0 Å². The quantitative estimate of drug-likeness (QED) is 0.186. The Hall–Kier alpha value is -6.38. The Labute approximate surface area is 284 Å². The van der Waals surface area contributed by atoms with Gasteiger partial charge in [-0.3, -0.25) is 0 Å². The van der Waals surface area contributed by atoms with Crippen LogP contribution in [0.15, 0.2) is 180 Å². The zero-order chi connectivity index (χ0) is 32.3. The molecule has 2 aromatic heterocycles. The minimum absolute atomic E-state index is 0.808. The predicted octanol–water partition coefficient (Wildman–Crippen LogP) is 12.8. The number of aromatic nitrogens is 1. The third-order valence-electron chi connectivity index (χ3n) is 10.0. The second-order valence-electron chi connectivity index (χ2n) is 12.9. The molecule has 8 aromatic carbocycles. The molecule has 0 spiro atoms. The minimum atomic E-state index is 0.808. The minimum Gasteiger partial charge on any atom is -0.456 e. The SMILES string of the molecule is c1ccc(-n2c3ccccc3c3ccc(-c4ccc(-c5ccc(Cc6cc7ccccc7c7c6oc6ccccc67)cc5)cc4)cc32)cc1. The number of hydrogen-bond acceptors (Lipinski definition) is 1. The van der Waals surface area contributed by atoms with E-state index >= 15 is 0 Å². The molecule has 0 radical (unpaired) electrons. The smallest absolute Gasteiger partial charge is 0.139 e. The highest BCUT2D eigenvalue weighted by molar-refractivity contribution is 6.19. The van der Waals surface area contributed by atoms with Crippen LogP contribution in [0.4, 0.5) is 0 Å². The van der Waals surface area contributed by atoms with Crippen LogP contribution in [0.3, 0.4) is 0 Å². The number of nitrogens with zero attached hydrogens (tertiary/aromatic N) is 1. The molecule has 0 bridgehead atoms. The monoisotopic (exact) mass is 625 g/mol. The summed E-state index contributed by atoms with van der Waals surface area (Å²) in [5, 5.41) is 7.41. The van der Waals surface area contributed by atoms with Gasteiger partial charge in [0.05, 0.1) is 11.0 Å². The normalized spacial score (nSPS) is 11.8. The van der Waals surface area contributed by atoms with Crippen LogP contribution >= 0.6 is 0 Å². The maximum absolute atomic E-state index is 6.47. The zero-order valence-electron chi connectivity index (χ0n) is 26.8. The molecule has 2 heterocycles. The molecule has 10 aromatic rings. The summed E-state index contributed by atoms with van der Waals surface area (Å²) in [5.41, 5.74) is 12.9. The van der Waals surface area contributed by atoms with Crippen LogP contribution in [-0.2, 0) is 6.42 Å². The second kappa shape index (κ2) is 11.1. The molecule has 10 rings (SSSR count). The van der Waals surface area contributed by atoms with Crippen LogP contribution in [0.5, 0.6) is 0 Å². The van der Waals surface area contributed by atoms with Crippen molar-refractivity contribution in [2.24, 2.45) is 0 Å². The van der Waals surface area contributed by atoms with Crippen molar-refractivity contribution in [1.82, 2.24) is 4.57 Å². The maximum Gasteiger partial charge on any atom is 0.139 e. The average molecular weight is 626 g/mol. The molecule has 2 nitrogen and oxygen atoms in total.